The third-order valence-corrected chi connectivity index (χ3v) is 2.56. The maximum Gasteiger partial charge on any atom is 0 e. The molecule has 0 saturated heterocycles. The quantitative estimate of drug-likeness (QED) is 0.474. The van der Waals surface area contributed by atoms with Gasteiger partial charge in [-0.25, -0.2) is 17.6 Å². The van der Waals surface area contributed by atoms with E-state index in [1.807, 2.05) is 12.2 Å². The molecule has 0 aliphatic heterocycles. The van der Waals surface area contributed by atoms with Gasteiger partial charge in [0.1, 0.15) is 0 Å². The third kappa shape index (κ3) is 6.15. The van der Waals surface area contributed by atoms with E-state index in [1.165, 1.54) is 23.0 Å². The molecule has 0 heterocycles. The van der Waals surface area contributed by atoms with Crippen LogP contribution in [0.5, 0.6) is 0 Å². The third-order valence-electron chi connectivity index (χ3n) is 2.56. The standard InChI is InChI=1S/C9H13.C6H8.Ir/c1-6-5-7(2)9(4)8(6)3;1-3-5-6-4-2;/h5H,1-4H3;3-6H,1-2H2;/q-1;;/b;6-5-;. The molecule has 0 amide bonds. The van der Waals surface area contributed by atoms with E-state index >= 15 is 0 Å². The van der Waals surface area contributed by atoms with Crippen LogP contribution in [0.15, 0.2) is 48.6 Å². The Morgan fingerprint density at radius 3 is 1.50 bits per heavy atom. The van der Waals surface area contributed by atoms with Gasteiger partial charge in [-0.3, -0.25) is 0 Å². The summed E-state index contributed by atoms with van der Waals surface area (Å²) in [5, 5.41) is 0. The van der Waals surface area contributed by atoms with Crippen LogP contribution in [0, 0.1) is 18.3 Å². The largest absolute Gasteiger partial charge is 0.223 e. The van der Waals surface area contributed by atoms with Crippen molar-refractivity contribution in [2.45, 2.75) is 27.7 Å². The van der Waals surface area contributed by atoms with Crippen molar-refractivity contribution in [1.29, 1.82) is 0 Å². The molecule has 0 aromatic rings. The summed E-state index contributed by atoms with van der Waals surface area (Å²) in [6.07, 6.45) is 9.31. The van der Waals surface area contributed by atoms with Crippen LogP contribution in [-0.4, -0.2) is 0 Å². The van der Waals surface area contributed by atoms with E-state index in [-0.39, 0.29) is 20.1 Å². The molecule has 0 nitrogen and oxygen atoms in total. The van der Waals surface area contributed by atoms with Crippen molar-refractivity contribution in [3.8, 4) is 0 Å². The smallest absolute Gasteiger partial charge is 0 e. The van der Waals surface area contributed by atoms with Gasteiger partial charge in [0.2, 0.25) is 0 Å². The molecule has 1 heteroatoms. The fourth-order valence-electron chi connectivity index (χ4n) is 1.29. The maximum absolute atomic E-state index is 3.46. The van der Waals surface area contributed by atoms with Crippen molar-refractivity contribution in [2.75, 3.05) is 0 Å². The topological polar surface area (TPSA) is 0 Å². The fourth-order valence-corrected chi connectivity index (χ4v) is 1.29. The Balaban J connectivity index is 0. The zero-order valence-electron chi connectivity index (χ0n) is 10.6. The molecule has 0 fully saturated rings. The van der Waals surface area contributed by atoms with Crippen molar-refractivity contribution >= 4 is 0 Å². The number of rotatable bonds is 2. The molecule has 0 N–H and O–H groups in total. The summed E-state index contributed by atoms with van der Waals surface area (Å²) in [5.74, 6) is 2.87. The fraction of sp³-hybridized carbons (Fsp3) is 0.267. The zero-order chi connectivity index (χ0) is 11.8. The van der Waals surface area contributed by atoms with Crippen LogP contribution in [-0.2, 0) is 20.1 Å². The van der Waals surface area contributed by atoms with E-state index in [2.05, 4.69) is 47.3 Å². The summed E-state index contributed by atoms with van der Waals surface area (Å²) in [4.78, 5) is 0. The molecule has 1 aliphatic rings. The molecule has 0 spiro atoms. The molecule has 91 valence electrons. The van der Waals surface area contributed by atoms with Gasteiger partial charge in [-0.05, 0) is 0 Å². The van der Waals surface area contributed by atoms with Crippen molar-refractivity contribution in [2.24, 2.45) is 0 Å². The van der Waals surface area contributed by atoms with Crippen LogP contribution in [0.2, 0.25) is 0 Å². The van der Waals surface area contributed by atoms with Crippen molar-refractivity contribution < 1.29 is 20.1 Å². The van der Waals surface area contributed by atoms with Crippen LogP contribution in [0.3, 0.4) is 0 Å². The number of allylic oxidation sites excluding steroid dienone is 6. The van der Waals surface area contributed by atoms with Gasteiger partial charge in [-0.2, -0.15) is 0 Å². The van der Waals surface area contributed by atoms with Crippen LogP contribution < -0.4 is 0 Å². The molecule has 16 heavy (non-hydrogen) atoms. The summed E-state index contributed by atoms with van der Waals surface area (Å²) in [5.41, 5.74) is 2.87. The first kappa shape index (κ1) is 17.9. The normalized spacial score (nSPS) is 16.2. The predicted molar refractivity (Wildman–Crippen MR) is 70.0 cm³/mol. The Hall–Kier alpha value is -0.521. The first-order valence-electron chi connectivity index (χ1n) is 5.14. The minimum absolute atomic E-state index is 0. The molecule has 1 aliphatic carbocycles. The molecule has 1 rings (SSSR count). The summed E-state index contributed by atoms with van der Waals surface area (Å²) < 4.78 is 0. The van der Waals surface area contributed by atoms with Crippen LogP contribution >= 0.6 is 0 Å². The van der Waals surface area contributed by atoms with Crippen molar-refractivity contribution in [3.63, 3.8) is 0 Å². The molecule has 0 unspecified atom stereocenters. The van der Waals surface area contributed by atoms with Gasteiger partial charge in [-0.1, -0.05) is 70.1 Å². The molecule has 0 bridgehead atoms. The van der Waals surface area contributed by atoms with E-state index in [9.17, 15) is 0 Å². The molecular weight excluding hydrogens is 372 g/mol. The monoisotopic (exact) mass is 394 g/mol. The molecule has 0 atom stereocenters. The van der Waals surface area contributed by atoms with Gasteiger partial charge in [0.25, 0.3) is 0 Å². The van der Waals surface area contributed by atoms with Gasteiger partial charge in [0.05, 0.1) is 0 Å². The Labute approximate surface area is 115 Å². The van der Waals surface area contributed by atoms with Crippen LogP contribution in [0.1, 0.15) is 27.7 Å². The molecule has 0 aromatic carbocycles. The summed E-state index contributed by atoms with van der Waals surface area (Å²) in [6, 6.07) is 0. The van der Waals surface area contributed by atoms with Gasteiger partial charge in [0, 0.05) is 20.1 Å². The van der Waals surface area contributed by atoms with Crippen LogP contribution in [0.4, 0.5) is 0 Å². The predicted octanol–water partition coefficient (Wildman–Crippen LogP) is 4.64. The molecular formula is C15H21Ir-. The van der Waals surface area contributed by atoms with E-state index in [4.69, 9.17) is 0 Å². The van der Waals surface area contributed by atoms with E-state index < -0.39 is 0 Å². The van der Waals surface area contributed by atoms with E-state index in [0.29, 0.717) is 0 Å². The second-order valence-electron chi connectivity index (χ2n) is 3.62. The van der Waals surface area contributed by atoms with Crippen molar-refractivity contribution in [1.82, 2.24) is 0 Å². The Morgan fingerprint density at radius 1 is 0.938 bits per heavy atom. The molecule has 0 saturated carbocycles. The second-order valence-corrected chi connectivity index (χ2v) is 3.62. The molecule has 3 radical (unpaired) electrons. The average Bonchev–Trinajstić information content (AvgIpc) is 2.44. The van der Waals surface area contributed by atoms with E-state index in [0.717, 1.165) is 0 Å². The molecule has 0 aromatic heterocycles. The van der Waals surface area contributed by atoms with Gasteiger partial charge in [0.15, 0.2) is 0 Å². The van der Waals surface area contributed by atoms with Crippen LogP contribution in [0.25, 0.3) is 0 Å². The number of hydrogen-bond acceptors (Lipinski definition) is 0. The Morgan fingerprint density at radius 2 is 1.38 bits per heavy atom. The Bertz CT molecular complexity index is 261. The second kappa shape index (κ2) is 9.69. The minimum Gasteiger partial charge on any atom is -0.223 e. The van der Waals surface area contributed by atoms with E-state index in [1.54, 1.807) is 12.2 Å². The first-order chi connectivity index (χ1) is 7.04. The average molecular weight is 394 g/mol. The Kier molecular flexibility index (Phi) is 10.8. The van der Waals surface area contributed by atoms with Gasteiger partial charge in [-0.15, -0.1) is 6.92 Å². The summed E-state index contributed by atoms with van der Waals surface area (Å²) in [7, 11) is 0. The minimum atomic E-state index is 0. The first-order valence-corrected chi connectivity index (χ1v) is 5.14. The maximum atomic E-state index is 3.46. The van der Waals surface area contributed by atoms with Gasteiger partial charge >= 0.3 is 0 Å². The summed E-state index contributed by atoms with van der Waals surface area (Å²) >= 11 is 0. The zero-order valence-corrected chi connectivity index (χ0v) is 13.0. The van der Waals surface area contributed by atoms with Crippen molar-refractivity contribution in [3.05, 3.63) is 66.9 Å². The SMILES string of the molecule is C=C/C=C\C=C.C[C]1[CH-]C(C)=C(C)[C]1C.[Ir]. The summed E-state index contributed by atoms with van der Waals surface area (Å²) in [6.45, 7) is 15.6. The van der Waals surface area contributed by atoms with Gasteiger partial charge < -0.3 is 0 Å². The number of hydrogen-bond donors (Lipinski definition) is 0.